The van der Waals surface area contributed by atoms with Gasteiger partial charge in [0, 0.05) is 6.08 Å². The van der Waals surface area contributed by atoms with E-state index in [1.54, 1.807) is 13.0 Å². The molecule has 0 aromatic heterocycles. The maximum Gasteiger partial charge on any atom is 0.330 e. The highest BCUT2D eigenvalue weighted by molar-refractivity contribution is 6.74. The molecule has 0 heterocycles. The first-order valence-electron chi connectivity index (χ1n) is 9.95. The molecule has 0 aliphatic rings. The molecule has 1 aromatic carbocycles. The molecule has 0 amide bonds. The molecule has 0 fully saturated rings. The Labute approximate surface area is 171 Å². The Morgan fingerprint density at radius 3 is 2.43 bits per heavy atom. The molecule has 0 bridgehead atoms. The topological polar surface area (TPSA) is 44.8 Å². The van der Waals surface area contributed by atoms with Crippen molar-refractivity contribution in [2.24, 2.45) is 0 Å². The van der Waals surface area contributed by atoms with E-state index in [4.69, 9.17) is 13.9 Å². The molecular weight excluding hydrogens is 368 g/mol. The molecular formula is C23H36O4Si. The van der Waals surface area contributed by atoms with E-state index in [-0.39, 0.29) is 17.1 Å². The fourth-order valence-corrected chi connectivity index (χ4v) is 3.61. The number of allylic oxidation sites excluding steroid dienone is 2. The van der Waals surface area contributed by atoms with Crippen molar-refractivity contribution in [2.45, 2.75) is 65.0 Å². The lowest BCUT2D eigenvalue weighted by molar-refractivity contribution is -0.137. The third-order valence-electron chi connectivity index (χ3n) is 4.85. The fraction of sp³-hybridized carbons (Fsp3) is 0.522. The highest BCUT2D eigenvalue weighted by atomic mass is 28.4. The van der Waals surface area contributed by atoms with E-state index in [0.29, 0.717) is 19.8 Å². The first-order chi connectivity index (χ1) is 13.2. The summed E-state index contributed by atoms with van der Waals surface area (Å²) in [6.45, 7) is 14.5. The van der Waals surface area contributed by atoms with Crippen LogP contribution in [0.25, 0.3) is 0 Å². The number of carbonyl (C=O) groups excluding carboxylic acids is 1. The van der Waals surface area contributed by atoms with Crippen molar-refractivity contribution in [1.82, 2.24) is 0 Å². The molecule has 0 saturated heterocycles. The van der Waals surface area contributed by atoms with Gasteiger partial charge < -0.3 is 13.9 Å². The van der Waals surface area contributed by atoms with Crippen molar-refractivity contribution in [3.8, 4) is 0 Å². The molecule has 0 N–H and O–H groups in total. The van der Waals surface area contributed by atoms with E-state index in [0.717, 1.165) is 12.0 Å². The molecule has 0 spiro atoms. The van der Waals surface area contributed by atoms with Crippen LogP contribution >= 0.6 is 0 Å². The molecule has 5 heteroatoms. The summed E-state index contributed by atoms with van der Waals surface area (Å²) in [4.78, 5) is 11.3. The van der Waals surface area contributed by atoms with Gasteiger partial charge in [-0.3, -0.25) is 0 Å². The van der Waals surface area contributed by atoms with Crippen molar-refractivity contribution in [1.29, 1.82) is 0 Å². The zero-order valence-corrected chi connectivity index (χ0v) is 19.2. The van der Waals surface area contributed by atoms with Crippen LogP contribution in [0.1, 0.15) is 39.7 Å². The Hall–Kier alpha value is -1.69. The van der Waals surface area contributed by atoms with Crippen molar-refractivity contribution in [2.75, 3.05) is 13.2 Å². The summed E-state index contributed by atoms with van der Waals surface area (Å²) in [6.07, 6.45) is 7.71. The molecule has 4 nitrogen and oxygen atoms in total. The minimum atomic E-state index is -1.90. The normalized spacial score (nSPS) is 13.9. The van der Waals surface area contributed by atoms with E-state index in [1.165, 1.54) is 6.08 Å². The Morgan fingerprint density at radius 1 is 1.14 bits per heavy atom. The first kappa shape index (κ1) is 24.3. The van der Waals surface area contributed by atoms with Gasteiger partial charge in [-0.05, 0) is 37.0 Å². The van der Waals surface area contributed by atoms with Gasteiger partial charge in [-0.1, -0.05) is 69.3 Å². The molecule has 28 heavy (non-hydrogen) atoms. The van der Waals surface area contributed by atoms with E-state index >= 15 is 0 Å². The minimum Gasteiger partial charge on any atom is -0.463 e. The molecule has 1 rings (SSSR count). The van der Waals surface area contributed by atoms with Gasteiger partial charge in [0.15, 0.2) is 8.32 Å². The highest BCUT2D eigenvalue weighted by Crippen LogP contribution is 2.37. The second-order valence-corrected chi connectivity index (χ2v) is 13.0. The maximum atomic E-state index is 11.3. The average Bonchev–Trinajstić information content (AvgIpc) is 2.61. The van der Waals surface area contributed by atoms with Crippen LogP contribution in [0.5, 0.6) is 0 Å². The Balaban J connectivity index is 2.65. The fourth-order valence-electron chi connectivity index (χ4n) is 2.26. The second-order valence-electron chi connectivity index (χ2n) is 8.28. The summed E-state index contributed by atoms with van der Waals surface area (Å²) in [7, 11) is -1.90. The zero-order chi connectivity index (χ0) is 21.0. The number of esters is 1. The lowest BCUT2D eigenvalue weighted by atomic mass is 10.2. The molecule has 0 aliphatic carbocycles. The first-order valence-corrected chi connectivity index (χ1v) is 12.9. The maximum absolute atomic E-state index is 11.3. The third kappa shape index (κ3) is 9.49. The lowest BCUT2D eigenvalue weighted by Gasteiger charge is -2.39. The number of hydrogen-bond donors (Lipinski definition) is 0. The van der Waals surface area contributed by atoms with Crippen LogP contribution in [0.4, 0.5) is 0 Å². The van der Waals surface area contributed by atoms with Gasteiger partial charge in [0.1, 0.15) is 0 Å². The molecule has 0 aliphatic heterocycles. The number of hydrogen-bond acceptors (Lipinski definition) is 4. The predicted octanol–water partition coefficient (Wildman–Crippen LogP) is 5.66. The second kappa shape index (κ2) is 12.0. The summed E-state index contributed by atoms with van der Waals surface area (Å²) < 4.78 is 17.4. The zero-order valence-electron chi connectivity index (χ0n) is 18.2. The van der Waals surface area contributed by atoms with Gasteiger partial charge in [0.05, 0.1) is 25.9 Å². The van der Waals surface area contributed by atoms with E-state index in [1.807, 2.05) is 30.4 Å². The standard InChI is InChI=1S/C23H36O4Si/c1-7-26-22(24)17-13-9-12-16-21(27-28(5,6)23(2,3)4)19-25-18-20-14-10-8-11-15-20/h8-15,17,21H,7,16,18-19H2,1-6H3/b12-9-,17-13+/t21-/m0/s1. The number of rotatable bonds is 11. The highest BCUT2D eigenvalue weighted by Gasteiger charge is 2.38. The summed E-state index contributed by atoms with van der Waals surface area (Å²) in [5, 5.41) is 0.137. The molecule has 0 unspecified atom stereocenters. The lowest BCUT2D eigenvalue weighted by Crippen LogP contribution is -2.45. The minimum absolute atomic E-state index is 0.0168. The number of ether oxygens (including phenoxy) is 2. The van der Waals surface area contributed by atoms with Crippen LogP contribution in [0, 0.1) is 0 Å². The van der Waals surface area contributed by atoms with E-state index in [2.05, 4.69) is 46.0 Å². The summed E-state index contributed by atoms with van der Waals surface area (Å²) in [5.41, 5.74) is 1.15. The summed E-state index contributed by atoms with van der Waals surface area (Å²) in [5.74, 6) is -0.326. The van der Waals surface area contributed by atoms with Gasteiger partial charge in [0.25, 0.3) is 0 Å². The molecule has 1 atom stereocenters. The van der Waals surface area contributed by atoms with Crippen molar-refractivity contribution in [3.05, 3.63) is 60.2 Å². The average molecular weight is 405 g/mol. The van der Waals surface area contributed by atoms with E-state index < -0.39 is 8.32 Å². The molecule has 0 radical (unpaired) electrons. The van der Waals surface area contributed by atoms with Crippen LogP contribution in [0.15, 0.2) is 54.6 Å². The monoisotopic (exact) mass is 404 g/mol. The third-order valence-corrected chi connectivity index (χ3v) is 9.38. The Bertz CT molecular complexity index is 630. The summed E-state index contributed by atoms with van der Waals surface area (Å²) >= 11 is 0. The van der Waals surface area contributed by atoms with Crippen LogP contribution < -0.4 is 0 Å². The van der Waals surface area contributed by atoms with Crippen molar-refractivity contribution in [3.63, 3.8) is 0 Å². The number of benzene rings is 1. The van der Waals surface area contributed by atoms with Gasteiger partial charge in [0.2, 0.25) is 0 Å². The van der Waals surface area contributed by atoms with Gasteiger partial charge in [-0.15, -0.1) is 0 Å². The molecule has 156 valence electrons. The Kier molecular flexibility index (Phi) is 10.4. The van der Waals surface area contributed by atoms with Crippen LogP contribution in [-0.2, 0) is 25.3 Å². The summed E-state index contributed by atoms with van der Waals surface area (Å²) in [6, 6.07) is 10.1. The van der Waals surface area contributed by atoms with Gasteiger partial charge in [-0.2, -0.15) is 0 Å². The van der Waals surface area contributed by atoms with Gasteiger partial charge in [-0.25, -0.2) is 4.79 Å². The smallest absolute Gasteiger partial charge is 0.330 e. The van der Waals surface area contributed by atoms with Crippen molar-refractivity contribution < 1.29 is 18.7 Å². The van der Waals surface area contributed by atoms with Crippen molar-refractivity contribution >= 4 is 14.3 Å². The van der Waals surface area contributed by atoms with Gasteiger partial charge >= 0.3 is 5.97 Å². The largest absolute Gasteiger partial charge is 0.463 e. The Morgan fingerprint density at radius 2 is 1.82 bits per heavy atom. The van der Waals surface area contributed by atoms with Crippen LogP contribution in [0.3, 0.4) is 0 Å². The SMILES string of the molecule is CCOC(=O)/C=C/C=C\C[C@@H](COCc1ccccc1)O[Si](C)(C)C(C)(C)C. The molecule has 1 aromatic rings. The van der Waals surface area contributed by atoms with Crippen LogP contribution in [0.2, 0.25) is 18.1 Å². The predicted molar refractivity (Wildman–Crippen MR) is 118 cm³/mol. The molecule has 0 saturated carbocycles. The number of carbonyl (C=O) groups is 1. The van der Waals surface area contributed by atoms with Crippen LogP contribution in [-0.4, -0.2) is 33.6 Å². The quantitative estimate of drug-likeness (QED) is 0.207. The van der Waals surface area contributed by atoms with E-state index in [9.17, 15) is 4.79 Å².